The number of urea groups is 1. The minimum atomic E-state index is -4.31. The number of fused-ring (bicyclic) bond motifs is 4. The maximum Gasteiger partial charge on any atom is 0.401 e. The van der Waals surface area contributed by atoms with Crippen LogP contribution >= 0.6 is 11.6 Å². The highest BCUT2D eigenvalue weighted by molar-refractivity contribution is 6.35. The third kappa shape index (κ3) is 3.45. The van der Waals surface area contributed by atoms with Gasteiger partial charge in [-0.15, -0.1) is 0 Å². The number of hydrogen-bond acceptors (Lipinski definition) is 4. The number of oxazole rings is 1. The summed E-state index contributed by atoms with van der Waals surface area (Å²) >= 11 is 6.37. The van der Waals surface area contributed by atoms with Crippen molar-refractivity contribution in [1.82, 2.24) is 15.6 Å². The fourth-order valence-corrected chi connectivity index (χ4v) is 4.25. The molecule has 2 heterocycles. The summed E-state index contributed by atoms with van der Waals surface area (Å²) in [6.07, 6.45) is 0.141. The van der Waals surface area contributed by atoms with Crippen LogP contribution in [0.2, 0.25) is 5.02 Å². The summed E-state index contributed by atoms with van der Waals surface area (Å²) in [4.78, 5) is 16.5. The molecule has 1 saturated carbocycles. The van der Waals surface area contributed by atoms with E-state index >= 15 is 0 Å². The lowest BCUT2D eigenvalue weighted by molar-refractivity contribution is -0.125. The number of carbonyl (C=O) groups is 1. The second kappa shape index (κ2) is 6.56. The molecule has 0 saturated heterocycles. The van der Waals surface area contributed by atoms with Crippen molar-refractivity contribution in [3.8, 4) is 0 Å². The Hall–Kier alpha value is -2.00. The quantitative estimate of drug-likeness (QED) is 0.709. The summed E-state index contributed by atoms with van der Waals surface area (Å²) in [6, 6.07) is 1.24. The number of benzene rings is 1. The van der Waals surface area contributed by atoms with E-state index in [0.29, 0.717) is 21.8 Å². The van der Waals surface area contributed by atoms with Crippen molar-refractivity contribution in [2.24, 2.45) is 0 Å². The number of amides is 2. The van der Waals surface area contributed by atoms with Gasteiger partial charge in [0.1, 0.15) is 5.52 Å². The zero-order valence-corrected chi connectivity index (χ0v) is 15.1. The molecule has 2 aromatic rings. The summed E-state index contributed by atoms with van der Waals surface area (Å²) in [5, 5.41) is 8.36. The molecule has 0 bridgehead atoms. The van der Waals surface area contributed by atoms with Gasteiger partial charge < -0.3 is 20.4 Å². The first-order valence-electron chi connectivity index (χ1n) is 8.76. The molecule has 1 spiro atoms. The van der Waals surface area contributed by atoms with E-state index in [1.165, 1.54) is 0 Å². The predicted molar refractivity (Wildman–Crippen MR) is 93.7 cm³/mol. The first kappa shape index (κ1) is 18.4. The van der Waals surface area contributed by atoms with Crippen molar-refractivity contribution in [1.29, 1.82) is 0 Å². The smallest absolute Gasteiger partial charge is 0.401 e. The number of aromatic nitrogens is 1. The first-order chi connectivity index (χ1) is 12.8. The van der Waals surface area contributed by atoms with Crippen LogP contribution in [0.5, 0.6) is 0 Å². The fourth-order valence-electron chi connectivity index (χ4n) is 4.00. The molecule has 146 valence electrons. The molecule has 6 nitrogen and oxygen atoms in total. The SMILES string of the molecule is O=C1Nc2c(Cl)cc3nc(CNCC(F)(F)F)oc3c2C2(CCCCC2)N1. The molecule has 10 heteroatoms. The van der Waals surface area contributed by atoms with Crippen LogP contribution in [-0.2, 0) is 12.1 Å². The van der Waals surface area contributed by atoms with Gasteiger partial charge in [0.2, 0.25) is 5.89 Å². The van der Waals surface area contributed by atoms with Crippen LogP contribution in [0.25, 0.3) is 11.1 Å². The van der Waals surface area contributed by atoms with Gasteiger partial charge >= 0.3 is 12.2 Å². The number of hydrogen-bond donors (Lipinski definition) is 3. The number of alkyl halides is 3. The number of nitrogens with one attached hydrogen (secondary N) is 3. The minimum absolute atomic E-state index is 0.140. The van der Waals surface area contributed by atoms with Gasteiger partial charge in [-0.05, 0) is 18.9 Å². The molecule has 1 aliphatic heterocycles. The Labute approximate surface area is 157 Å². The Kier molecular flexibility index (Phi) is 4.46. The Morgan fingerprint density at radius 1 is 1.30 bits per heavy atom. The number of carbonyl (C=O) groups excluding carboxylic acids is 1. The fraction of sp³-hybridized carbons (Fsp3) is 0.529. The van der Waals surface area contributed by atoms with Gasteiger partial charge in [-0.1, -0.05) is 30.9 Å². The van der Waals surface area contributed by atoms with Crippen LogP contribution < -0.4 is 16.0 Å². The van der Waals surface area contributed by atoms with E-state index in [-0.39, 0.29) is 18.5 Å². The van der Waals surface area contributed by atoms with Crippen molar-refractivity contribution in [3.63, 3.8) is 0 Å². The van der Waals surface area contributed by atoms with E-state index in [0.717, 1.165) is 37.7 Å². The molecule has 2 amide bonds. The molecule has 0 radical (unpaired) electrons. The normalized spacial score (nSPS) is 19.0. The highest BCUT2D eigenvalue weighted by Gasteiger charge is 2.44. The largest absolute Gasteiger partial charge is 0.439 e. The number of nitrogens with zero attached hydrogens (tertiary/aromatic N) is 1. The van der Waals surface area contributed by atoms with Crippen LogP contribution in [0, 0.1) is 0 Å². The lowest BCUT2D eigenvalue weighted by atomic mass is 9.74. The molecule has 4 rings (SSSR count). The van der Waals surface area contributed by atoms with Crippen molar-refractivity contribution in [2.75, 3.05) is 11.9 Å². The highest BCUT2D eigenvalue weighted by Crippen LogP contribution is 2.48. The molecule has 1 aliphatic carbocycles. The van der Waals surface area contributed by atoms with Gasteiger partial charge in [0, 0.05) is 5.56 Å². The Morgan fingerprint density at radius 3 is 2.74 bits per heavy atom. The first-order valence-corrected chi connectivity index (χ1v) is 9.14. The molecule has 27 heavy (non-hydrogen) atoms. The average molecular weight is 403 g/mol. The van der Waals surface area contributed by atoms with Gasteiger partial charge in [-0.3, -0.25) is 0 Å². The summed E-state index contributed by atoms with van der Waals surface area (Å²) in [6.45, 7) is -1.29. The number of rotatable bonds is 3. The topological polar surface area (TPSA) is 79.2 Å². The van der Waals surface area contributed by atoms with Crippen LogP contribution in [0.15, 0.2) is 10.5 Å². The third-order valence-corrected chi connectivity index (χ3v) is 5.35. The Balaban J connectivity index is 1.76. The second-order valence-corrected chi connectivity index (χ2v) is 7.41. The van der Waals surface area contributed by atoms with Crippen LogP contribution in [0.3, 0.4) is 0 Å². The van der Waals surface area contributed by atoms with Gasteiger partial charge in [-0.2, -0.15) is 13.2 Å². The van der Waals surface area contributed by atoms with E-state index in [1.807, 2.05) is 0 Å². The van der Waals surface area contributed by atoms with Crippen molar-refractivity contribution in [2.45, 2.75) is 50.4 Å². The molecule has 0 atom stereocenters. The second-order valence-electron chi connectivity index (χ2n) is 7.00. The molecular formula is C17H18ClF3N4O2. The van der Waals surface area contributed by atoms with Crippen LogP contribution in [0.1, 0.15) is 43.6 Å². The van der Waals surface area contributed by atoms with Gasteiger partial charge in [0.05, 0.1) is 29.3 Å². The average Bonchev–Trinajstić information content (AvgIpc) is 2.96. The predicted octanol–water partition coefficient (Wildman–Crippen LogP) is 4.43. The van der Waals surface area contributed by atoms with E-state index in [2.05, 4.69) is 20.9 Å². The van der Waals surface area contributed by atoms with Crippen LogP contribution in [-0.4, -0.2) is 23.7 Å². The zero-order chi connectivity index (χ0) is 19.2. The molecule has 0 unspecified atom stereocenters. The summed E-state index contributed by atoms with van der Waals surface area (Å²) in [5.41, 5.74) is 1.53. The lowest BCUT2D eigenvalue weighted by Crippen LogP contribution is -2.52. The molecule has 1 aromatic heterocycles. The van der Waals surface area contributed by atoms with E-state index < -0.39 is 18.3 Å². The van der Waals surface area contributed by atoms with Crippen LogP contribution in [0.4, 0.5) is 23.7 Å². The zero-order valence-electron chi connectivity index (χ0n) is 14.3. The van der Waals surface area contributed by atoms with Crippen molar-refractivity contribution < 1.29 is 22.4 Å². The number of anilines is 1. The Bertz CT molecular complexity index is 890. The van der Waals surface area contributed by atoms with E-state index in [4.69, 9.17) is 16.0 Å². The Morgan fingerprint density at radius 2 is 2.04 bits per heavy atom. The maximum absolute atomic E-state index is 12.3. The van der Waals surface area contributed by atoms with Gasteiger partial charge in [0.15, 0.2) is 5.58 Å². The molecule has 3 N–H and O–H groups in total. The molecular weight excluding hydrogens is 385 g/mol. The van der Waals surface area contributed by atoms with E-state index in [9.17, 15) is 18.0 Å². The summed E-state index contributed by atoms with van der Waals surface area (Å²) in [5.74, 6) is 0.140. The van der Waals surface area contributed by atoms with Gasteiger partial charge in [0.25, 0.3) is 0 Å². The van der Waals surface area contributed by atoms with E-state index in [1.54, 1.807) is 6.07 Å². The third-order valence-electron chi connectivity index (χ3n) is 5.06. The standard InChI is InChI=1S/C17H18ClF3N4O2/c18-9-6-10-14(27-11(23-10)7-22-8-17(19,20)21)12-13(9)24-15(26)25-16(12)4-2-1-3-5-16/h6,22H,1-5,7-8H2,(H2,24,25,26). The minimum Gasteiger partial charge on any atom is -0.439 e. The monoisotopic (exact) mass is 402 g/mol. The maximum atomic E-state index is 12.3. The van der Waals surface area contributed by atoms with Gasteiger partial charge in [-0.25, -0.2) is 9.78 Å². The van der Waals surface area contributed by atoms with Crippen molar-refractivity contribution in [3.05, 3.63) is 22.5 Å². The molecule has 1 aromatic carbocycles. The summed E-state index contributed by atoms with van der Waals surface area (Å²) < 4.78 is 42.8. The number of halogens is 4. The lowest BCUT2D eigenvalue weighted by Gasteiger charge is -2.42. The highest BCUT2D eigenvalue weighted by atomic mass is 35.5. The molecule has 1 fully saturated rings. The van der Waals surface area contributed by atoms with Crippen molar-refractivity contribution >= 4 is 34.4 Å². The molecule has 2 aliphatic rings. The summed E-state index contributed by atoms with van der Waals surface area (Å²) in [7, 11) is 0.